The SMILES string of the molecule is Cc1ccc(/C=C/C(=O)N2CCn3cccc3[C@H]2C)o1. The van der Waals surface area contributed by atoms with Crippen molar-refractivity contribution in [3.63, 3.8) is 0 Å². The quantitative estimate of drug-likeness (QED) is 0.787. The second kappa shape index (κ2) is 5.04. The van der Waals surface area contributed by atoms with E-state index < -0.39 is 0 Å². The van der Waals surface area contributed by atoms with Crippen LogP contribution in [0.1, 0.15) is 30.2 Å². The van der Waals surface area contributed by atoms with Crippen LogP contribution >= 0.6 is 0 Å². The van der Waals surface area contributed by atoms with Gasteiger partial charge in [0.15, 0.2) is 0 Å². The molecule has 0 aliphatic carbocycles. The molecule has 1 amide bonds. The lowest BCUT2D eigenvalue weighted by Gasteiger charge is -2.34. The van der Waals surface area contributed by atoms with Gasteiger partial charge in [0.25, 0.3) is 0 Å². The van der Waals surface area contributed by atoms with Gasteiger partial charge in [-0.05, 0) is 44.2 Å². The summed E-state index contributed by atoms with van der Waals surface area (Å²) >= 11 is 0. The monoisotopic (exact) mass is 270 g/mol. The number of fused-ring (bicyclic) bond motifs is 1. The Labute approximate surface area is 118 Å². The predicted molar refractivity (Wildman–Crippen MR) is 77.0 cm³/mol. The van der Waals surface area contributed by atoms with E-state index in [2.05, 4.69) is 23.8 Å². The topological polar surface area (TPSA) is 38.4 Å². The number of hydrogen-bond donors (Lipinski definition) is 0. The highest BCUT2D eigenvalue weighted by Crippen LogP contribution is 2.25. The lowest BCUT2D eigenvalue weighted by atomic mass is 10.1. The third-order valence-electron chi connectivity index (χ3n) is 3.78. The number of aromatic nitrogens is 1. The van der Waals surface area contributed by atoms with Crippen molar-refractivity contribution in [1.29, 1.82) is 0 Å². The number of carbonyl (C=O) groups excluding carboxylic acids is 1. The molecule has 1 atom stereocenters. The van der Waals surface area contributed by atoms with Crippen LogP contribution in [-0.4, -0.2) is 21.9 Å². The van der Waals surface area contributed by atoms with Crippen molar-refractivity contribution in [1.82, 2.24) is 9.47 Å². The molecule has 20 heavy (non-hydrogen) atoms. The van der Waals surface area contributed by atoms with E-state index in [0.717, 1.165) is 18.8 Å². The van der Waals surface area contributed by atoms with Crippen molar-refractivity contribution in [2.45, 2.75) is 26.4 Å². The zero-order valence-electron chi connectivity index (χ0n) is 11.7. The average molecular weight is 270 g/mol. The molecule has 1 aliphatic rings. The van der Waals surface area contributed by atoms with Gasteiger partial charge in [-0.25, -0.2) is 0 Å². The number of hydrogen-bond acceptors (Lipinski definition) is 2. The highest BCUT2D eigenvalue weighted by Gasteiger charge is 2.25. The summed E-state index contributed by atoms with van der Waals surface area (Å²) in [7, 11) is 0. The second-order valence-electron chi connectivity index (χ2n) is 5.12. The van der Waals surface area contributed by atoms with Crippen molar-refractivity contribution in [3.8, 4) is 0 Å². The summed E-state index contributed by atoms with van der Waals surface area (Å²) < 4.78 is 7.63. The Balaban J connectivity index is 1.74. The van der Waals surface area contributed by atoms with Gasteiger partial charge in [-0.15, -0.1) is 0 Å². The van der Waals surface area contributed by atoms with Crippen LogP contribution in [0.5, 0.6) is 0 Å². The van der Waals surface area contributed by atoms with Crippen LogP contribution in [0.15, 0.2) is 41.0 Å². The highest BCUT2D eigenvalue weighted by atomic mass is 16.3. The average Bonchev–Trinajstić information content (AvgIpc) is 3.05. The molecule has 0 saturated carbocycles. The molecule has 0 saturated heterocycles. The number of furan rings is 1. The summed E-state index contributed by atoms with van der Waals surface area (Å²) in [5, 5.41) is 0. The maximum atomic E-state index is 12.3. The normalized spacial score (nSPS) is 18.5. The van der Waals surface area contributed by atoms with Crippen molar-refractivity contribution in [3.05, 3.63) is 53.8 Å². The molecule has 3 heterocycles. The Kier molecular flexibility index (Phi) is 3.22. The Hall–Kier alpha value is -2.23. The maximum absolute atomic E-state index is 12.3. The zero-order chi connectivity index (χ0) is 14.1. The van der Waals surface area contributed by atoms with E-state index >= 15 is 0 Å². The summed E-state index contributed by atoms with van der Waals surface area (Å²) in [5.41, 5.74) is 1.19. The number of aryl methyl sites for hydroxylation is 1. The molecule has 0 radical (unpaired) electrons. The smallest absolute Gasteiger partial charge is 0.247 e. The van der Waals surface area contributed by atoms with E-state index in [4.69, 9.17) is 4.42 Å². The molecule has 2 aromatic heterocycles. The molecule has 0 spiro atoms. The molecule has 4 heteroatoms. The van der Waals surface area contributed by atoms with Crippen LogP contribution in [0.25, 0.3) is 6.08 Å². The van der Waals surface area contributed by atoms with Gasteiger partial charge in [-0.2, -0.15) is 0 Å². The zero-order valence-corrected chi connectivity index (χ0v) is 11.7. The molecule has 0 N–H and O–H groups in total. The van der Waals surface area contributed by atoms with E-state index in [1.165, 1.54) is 5.69 Å². The fraction of sp³-hybridized carbons (Fsp3) is 0.312. The van der Waals surface area contributed by atoms with Gasteiger partial charge in [0.1, 0.15) is 11.5 Å². The van der Waals surface area contributed by atoms with Gasteiger partial charge in [-0.1, -0.05) is 0 Å². The summed E-state index contributed by atoms with van der Waals surface area (Å²) in [6.07, 6.45) is 5.39. The maximum Gasteiger partial charge on any atom is 0.247 e. The van der Waals surface area contributed by atoms with E-state index in [0.29, 0.717) is 5.76 Å². The number of rotatable bonds is 2. The molecule has 104 valence electrons. The summed E-state index contributed by atoms with van der Waals surface area (Å²) in [6.45, 7) is 5.54. The Morgan fingerprint density at radius 2 is 2.20 bits per heavy atom. The first-order valence-corrected chi connectivity index (χ1v) is 6.85. The summed E-state index contributed by atoms with van der Waals surface area (Å²) in [4.78, 5) is 14.2. The molecule has 0 fully saturated rings. The lowest BCUT2D eigenvalue weighted by molar-refractivity contribution is -0.129. The van der Waals surface area contributed by atoms with Crippen LogP contribution in [0.3, 0.4) is 0 Å². The van der Waals surface area contributed by atoms with Crippen LogP contribution in [0, 0.1) is 6.92 Å². The first kappa shape index (κ1) is 12.8. The Morgan fingerprint density at radius 3 is 2.95 bits per heavy atom. The molecular weight excluding hydrogens is 252 g/mol. The fourth-order valence-corrected chi connectivity index (χ4v) is 2.67. The van der Waals surface area contributed by atoms with Gasteiger partial charge in [0.05, 0.1) is 6.04 Å². The third kappa shape index (κ3) is 2.29. The van der Waals surface area contributed by atoms with Crippen molar-refractivity contribution in [2.75, 3.05) is 6.54 Å². The third-order valence-corrected chi connectivity index (χ3v) is 3.78. The van der Waals surface area contributed by atoms with E-state index in [1.54, 1.807) is 12.2 Å². The largest absolute Gasteiger partial charge is 0.462 e. The van der Waals surface area contributed by atoms with Gasteiger partial charge < -0.3 is 13.9 Å². The fourth-order valence-electron chi connectivity index (χ4n) is 2.67. The molecule has 1 aliphatic heterocycles. The van der Waals surface area contributed by atoms with Crippen LogP contribution in [0.4, 0.5) is 0 Å². The molecular formula is C16H18N2O2. The molecule has 0 bridgehead atoms. The van der Waals surface area contributed by atoms with Gasteiger partial charge in [-0.3, -0.25) is 4.79 Å². The first-order chi connectivity index (χ1) is 9.65. The number of carbonyl (C=O) groups is 1. The molecule has 3 rings (SSSR count). The second-order valence-corrected chi connectivity index (χ2v) is 5.12. The van der Waals surface area contributed by atoms with Crippen LogP contribution in [-0.2, 0) is 11.3 Å². The summed E-state index contributed by atoms with van der Waals surface area (Å²) in [5.74, 6) is 1.59. The van der Waals surface area contributed by atoms with E-state index in [-0.39, 0.29) is 11.9 Å². The summed E-state index contributed by atoms with van der Waals surface area (Å²) in [6, 6.07) is 7.96. The standard InChI is InChI=1S/C16H18N2O2/c1-12-5-6-14(20-12)7-8-16(19)18-11-10-17-9-3-4-15(17)13(18)2/h3-9,13H,10-11H2,1-2H3/b8-7+/t13-/m1/s1. The van der Waals surface area contributed by atoms with Gasteiger partial charge in [0, 0.05) is 31.1 Å². The Morgan fingerprint density at radius 1 is 1.35 bits per heavy atom. The minimum absolute atomic E-state index is 0.0269. The van der Waals surface area contributed by atoms with Crippen molar-refractivity contribution < 1.29 is 9.21 Å². The van der Waals surface area contributed by atoms with Gasteiger partial charge in [0.2, 0.25) is 5.91 Å². The van der Waals surface area contributed by atoms with E-state index in [1.807, 2.05) is 30.0 Å². The molecule has 0 unspecified atom stereocenters. The molecule has 0 aromatic carbocycles. The molecule has 2 aromatic rings. The number of nitrogens with zero attached hydrogens (tertiary/aromatic N) is 2. The van der Waals surface area contributed by atoms with Crippen LogP contribution < -0.4 is 0 Å². The first-order valence-electron chi connectivity index (χ1n) is 6.85. The minimum Gasteiger partial charge on any atom is -0.462 e. The Bertz CT molecular complexity index is 651. The van der Waals surface area contributed by atoms with E-state index in [9.17, 15) is 4.79 Å². The lowest BCUT2D eigenvalue weighted by Crippen LogP contribution is -2.39. The minimum atomic E-state index is 0.0269. The van der Waals surface area contributed by atoms with Crippen LogP contribution in [0.2, 0.25) is 0 Å². The van der Waals surface area contributed by atoms with Crippen molar-refractivity contribution >= 4 is 12.0 Å². The van der Waals surface area contributed by atoms with Crippen molar-refractivity contribution in [2.24, 2.45) is 0 Å². The molecule has 4 nitrogen and oxygen atoms in total. The highest BCUT2D eigenvalue weighted by molar-refractivity contribution is 5.91. The van der Waals surface area contributed by atoms with Gasteiger partial charge >= 0.3 is 0 Å². The predicted octanol–water partition coefficient (Wildman–Crippen LogP) is 3.01. The number of amides is 1.